The Morgan fingerprint density at radius 2 is 2.06 bits per heavy atom. The highest BCUT2D eigenvalue weighted by molar-refractivity contribution is 5.82. The van der Waals surface area contributed by atoms with Gasteiger partial charge in [0.05, 0.1) is 13.2 Å². The molecule has 7 nitrogen and oxygen atoms in total. The Labute approximate surface area is 94.1 Å². The highest BCUT2D eigenvalue weighted by Crippen LogP contribution is 1.92. The zero-order valence-corrected chi connectivity index (χ0v) is 9.35. The Morgan fingerprint density at radius 3 is 2.56 bits per heavy atom. The van der Waals surface area contributed by atoms with E-state index in [1.807, 2.05) is 0 Å². The molecule has 0 saturated heterocycles. The number of hydrogen-bond acceptors (Lipinski definition) is 5. The third kappa shape index (κ3) is 7.16. The molecule has 0 saturated carbocycles. The van der Waals surface area contributed by atoms with E-state index in [9.17, 15) is 9.59 Å². The second-order valence-corrected chi connectivity index (χ2v) is 3.04. The largest absolute Gasteiger partial charge is 0.480 e. The average Bonchev–Trinajstić information content (AvgIpc) is 2.23. The minimum atomic E-state index is -1.07. The summed E-state index contributed by atoms with van der Waals surface area (Å²) < 4.78 is 9.72. The number of nitrogens with two attached hydrogens (primary N) is 1. The normalized spacial score (nSPS) is 10.1. The fraction of sp³-hybridized carbons (Fsp3) is 0.778. The predicted molar refractivity (Wildman–Crippen MR) is 56.0 cm³/mol. The van der Waals surface area contributed by atoms with Crippen molar-refractivity contribution >= 4 is 11.9 Å². The highest BCUT2D eigenvalue weighted by Gasteiger charge is 2.16. The fourth-order valence-electron chi connectivity index (χ4n) is 0.991. The van der Waals surface area contributed by atoms with E-state index in [2.05, 4.69) is 0 Å². The molecule has 0 heterocycles. The number of carbonyl (C=O) groups is 2. The molecule has 0 aliphatic heterocycles. The maximum Gasteiger partial charge on any atom is 0.323 e. The number of hydrogen-bond donors (Lipinski definition) is 2. The lowest BCUT2D eigenvalue weighted by Gasteiger charge is -2.20. The van der Waals surface area contributed by atoms with Crippen molar-refractivity contribution in [3.63, 3.8) is 0 Å². The lowest BCUT2D eigenvalue weighted by atomic mass is 10.4. The number of aliphatic carboxylic acids is 1. The van der Waals surface area contributed by atoms with E-state index in [4.69, 9.17) is 20.3 Å². The van der Waals surface area contributed by atoms with Crippen LogP contribution in [0, 0.1) is 0 Å². The first-order chi connectivity index (χ1) is 7.61. The van der Waals surface area contributed by atoms with Crippen LogP contribution in [0.5, 0.6) is 0 Å². The van der Waals surface area contributed by atoms with Crippen molar-refractivity contribution in [1.82, 2.24) is 4.90 Å². The van der Waals surface area contributed by atoms with Gasteiger partial charge in [0.15, 0.2) is 0 Å². The second kappa shape index (κ2) is 9.08. The van der Waals surface area contributed by atoms with Gasteiger partial charge in [-0.2, -0.15) is 0 Å². The minimum absolute atomic E-state index is 0.159. The summed E-state index contributed by atoms with van der Waals surface area (Å²) in [5, 5.41) is 8.61. The molecule has 0 atom stereocenters. The summed E-state index contributed by atoms with van der Waals surface area (Å²) in [5.41, 5.74) is 5.19. The molecule has 16 heavy (non-hydrogen) atoms. The first-order valence-electron chi connectivity index (χ1n) is 4.88. The van der Waals surface area contributed by atoms with Gasteiger partial charge in [-0.3, -0.25) is 9.59 Å². The van der Waals surface area contributed by atoms with E-state index in [-0.39, 0.29) is 38.8 Å². The Balaban J connectivity index is 4.04. The van der Waals surface area contributed by atoms with Crippen LogP contribution >= 0.6 is 0 Å². The predicted octanol–water partition coefficient (Wildman–Crippen LogP) is -1.48. The number of methoxy groups -OCH3 is 1. The van der Waals surface area contributed by atoms with Gasteiger partial charge in [0.2, 0.25) is 5.91 Å². The van der Waals surface area contributed by atoms with E-state index in [0.717, 1.165) is 0 Å². The standard InChI is InChI=1S/C9H18N2O5/c1-15-5-3-11(6-9(13)14)8(12)7-16-4-2-10/h2-7,10H2,1H3,(H,13,14). The van der Waals surface area contributed by atoms with Crippen molar-refractivity contribution in [2.45, 2.75) is 0 Å². The molecule has 0 aliphatic rings. The summed E-state index contributed by atoms with van der Waals surface area (Å²) in [7, 11) is 1.48. The van der Waals surface area contributed by atoms with Gasteiger partial charge in [0, 0.05) is 20.2 Å². The average molecular weight is 234 g/mol. The van der Waals surface area contributed by atoms with Gasteiger partial charge in [-0.25, -0.2) is 0 Å². The van der Waals surface area contributed by atoms with Crippen LogP contribution in [0.3, 0.4) is 0 Å². The summed E-state index contributed by atoms with van der Waals surface area (Å²) in [6.07, 6.45) is 0. The van der Waals surface area contributed by atoms with Crippen molar-refractivity contribution in [3.8, 4) is 0 Å². The number of carboxylic acids is 1. The number of rotatable bonds is 9. The van der Waals surface area contributed by atoms with Gasteiger partial charge in [-0.1, -0.05) is 0 Å². The van der Waals surface area contributed by atoms with E-state index in [1.165, 1.54) is 12.0 Å². The molecule has 0 fully saturated rings. The van der Waals surface area contributed by atoms with Gasteiger partial charge in [-0.15, -0.1) is 0 Å². The molecule has 0 bridgehead atoms. The molecule has 0 aromatic rings. The smallest absolute Gasteiger partial charge is 0.323 e. The Bertz CT molecular complexity index is 222. The Kier molecular flexibility index (Phi) is 8.41. The summed E-state index contributed by atoms with van der Waals surface area (Å²) in [6, 6.07) is 0. The van der Waals surface area contributed by atoms with Gasteiger partial charge in [0.1, 0.15) is 13.2 Å². The van der Waals surface area contributed by atoms with Gasteiger partial charge < -0.3 is 25.2 Å². The fourth-order valence-corrected chi connectivity index (χ4v) is 0.991. The van der Waals surface area contributed by atoms with Crippen LogP contribution in [0.1, 0.15) is 0 Å². The molecule has 1 amide bonds. The zero-order chi connectivity index (χ0) is 12.4. The van der Waals surface area contributed by atoms with Crippen LogP contribution in [0.25, 0.3) is 0 Å². The zero-order valence-electron chi connectivity index (χ0n) is 9.35. The molecule has 0 radical (unpaired) electrons. The third-order valence-electron chi connectivity index (χ3n) is 1.73. The van der Waals surface area contributed by atoms with Crippen molar-refractivity contribution in [1.29, 1.82) is 0 Å². The number of nitrogens with zero attached hydrogens (tertiary/aromatic N) is 1. The van der Waals surface area contributed by atoms with E-state index >= 15 is 0 Å². The summed E-state index contributed by atoms with van der Waals surface area (Å²) in [6.45, 7) is 0.604. The molecule has 0 aliphatic carbocycles. The van der Waals surface area contributed by atoms with Gasteiger partial charge in [0.25, 0.3) is 0 Å². The number of carboxylic acid groups (broad SMARTS) is 1. The molecule has 0 aromatic carbocycles. The lowest BCUT2D eigenvalue weighted by Crippen LogP contribution is -2.40. The van der Waals surface area contributed by atoms with Crippen LogP contribution in [0.15, 0.2) is 0 Å². The molecule has 3 N–H and O–H groups in total. The summed E-state index contributed by atoms with van der Waals surface area (Å²) in [5.74, 6) is -1.45. The quantitative estimate of drug-likeness (QED) is 0.472. The Hall–Kier alpha value is -1.18. The molecule has 0 spiro atoms. The van der Waals surface area contributed by atoms with Crippen LogP contribution in [0.4, 0.5) is 0 Å². The van der Waals surface area contributed by atoms with Crippen LogP contribution in [-0.2, 0) is 19.1 Å². The van der Waals surface area contributed by atoms with Crippen LogP contribution < -0.4 is 5.73 Å². The topological polar surface area (TPSA) is 102 Å². The molecule has 94 valence electrons. The molecule has 7 heteroatoms. The highest BCUT2D eigenvalue weighted by atomic mass is 16.5. The van der Waals surface area contributed by atoms with Gasteiger partial charge >= 0.3 is 5.97 Å². The SMILES string of the molecule is COCCN(CC(=O)O)C(=O)COCCN. The third-order valence-corrected chi connectivity index (χ3v) is 1.73. The molecular formula is C9H18N2O5. The number of amides is 1. The van der Waals surface area contributed by atoms with Crippen LogP contribution in [0.2, 0.25) is 0 Å². The summed E-state index contributed by atoms with van der Waals surface area (Å²) in [4.78, 5) is 23.2. The van der Waals surface area contributed by atoms with Crippen molar-refractivity contribution in [3.05, 3.63) is 0 Å². The number of ether oxygens (including phenoxy) is 2. The maximum atomic E-state index is 11.5. The molecule has 0 aromatic heterocycles. The maximum absolute atomic E-state index is 11.5. The first kappa shape index (κ1) is 14.8. The second-order valence-electron chi connectivity index (χ2n) is 3.04. The van der Waals surface area contributed by atoms with Crippen molar-refractivity contribution < 1.29 is 24.2 Å². The van der Waals surface area contributed by atoms with Crippen molar-refractivity contribution in [2.75, 3.05) is 46.6 Å². The monoisotopic (exact) mass is 234 g/mol. The minimum Gasteiger partial charge on any atom is -0.480 e. The molecule has 0 rings (SSSR count). The van der Waals surface area contributed by atoms with Crippen LogP contribution in [-0.4, -0.2) is 68.4 Å². The first-order valence-corrected chi connectivity index (χ1v) is 4.88. The summed E-state index contributed by atoms with van der Waals surface area (Å²) >= 11 is 0. The van der Waals surface area contributed by atoms with E-state index in [1.54, 1.807) is 0 Å². The van der Waals surface area contributed by atoms with E-state index in [0.29, 0.717) is 6.54 Å². The van der Waals surface area contributed by atoms with Crippen molar-refractivity contribution in [2.24, 2.45) is 5.73 Å². The molecule has 0 unspecified atom stereocenters. The lowest BCUT2D eigenvalue weighted by molar-refractivity contribution is -0.146. The van der Waals surface area contributed by atoms with Gasteiger partial charge in [-0.05, 0) is 0 Å². The molecular weight excluding hydrogens is 216 g/mol. The van der Waals surface area contributed by atoms with E-state index < -0.39 is 5.97 Å². The number of carbonyl (C=O) groups excluding carboxylic acids is 1. The Morgan fingerprint density at radius 1 is 1.38 bits per heavy atom.